The monoisotopic (exact) mass is 255 g/mol. The number of amides is 2. The van der Waals surface area contributed by atoms with Crippen molar-refractivity contribution in [3.8, 4) is 0 Å². The molecule has 1 aliphatic heterocycles. The molecule has 6 nitrogen and oxygen atoms in total. The number of piperazine rings is 1. The van der Waals surface area contributed by atoms with E-state index in [1.54, 1.807) is 4.90 Å². The summed E-state index contributed by atoms with van der Waals surface area (Å²) in [7, 11) is 0. The number of aliphatic carboxylic acids is 1. The summed E-state index contributed by atoms with van der Waals surface area (Å²) < 4.78 is 0. The Balaban J connectivity index is 1.65. The molecule has 0 bridgehead atoms. The first kappa shape index (κ1) is 13.1. The molecule has 0 aromatic carbocycles. The Labute approximate surface area is 107 Å². The van der Waals surface area contributed by atoms with Crippen LogP contribution in [0.3, 0.4) is 0 Å². The van der Waals surface area contributed by atoms with E-state index in [2.05, 4.69) is 5.32 Å². The van der Waals surface area contributed by atoms with Gasteiger partial charge in [0.25, 0.3) is 0 Å². The Bertz CT molecular complexity index is 310. The van der Waals surface area contributed by atoms with E-state index >= 15 is 0 Å². The summed E-state index contributed by atoms with van der Waals surface area (Å²) in [5.74, 6) is -0.139. The van der Waals surface area contributed by atoms with Gasteiger partial charge in [-0.15, -0.1) is 0 Å². The molecule has 2 fully saturated rings. The lowest BCUT2D eigenvalue weighted by Gasteiger charge is -2.34. The van der Waals surface area contributed by atoms with Gasteiger partial charge in [-0.2, -0.15) is 0 Å². The zero-order valence-electron chi connectivity index (χ0n) is 10.6. The highest BCUT2D eigenvalue weighted by molar-refractivity contribution is 5.74. The molecule has 0 aromatic heterocycles. The van der Waals surface area contributed by atoms with Gasteiger partial charge in [-0.1, -0.05) is 6.42 Å². The fourth-order valence-corrected chi connectivity index (χ4v) is 2.34. The van der Waals surface area contributed by atoms with E-state index in [1.165, 1.54) is 19.3 Å². The van der Waals surface area contributed by atoms with Crippen molar-refractivity contribution in [1.29, 1.82) is 0 Å². The molecule has 1 saturated heterocycles. The van der Waals surface area contributed by atoms with Crippen LogP contribution >= 0.6 is 0 Å². The summed E-state index contributed by atoms with van der Waals surface area (Å²) in [4.78, 5) is 26.1. The Morgan fingerprint density at radius 1 is 1.17 bits per heavy atom. The number of nitrogens with zero attached hydrogens (tertiary/aromatic N) is 2. The van der Waals surface area contributed by atoms with Gasteiger partial charge in [0.15, 0.2) is 0 Å². The number of carbonyl (C=O) groups excluding carboxylic acids is 1. The van der Waals surface area contributed by atoms with Gasteiger partial charge in [0.2, 0.25) is 0 Å². The third-order valence-electron chi connectivity index (χ3n) is 3.79. The van der Waals surface area contributed by atoms with Crippen LogP contribution in [0.1, 0.15) is 19.3 Å². The molecule has 1 saturated carbocycles. The summed E-state index contributed by atoms with van der Waals surface area (Å²) in [5.41, 5.74) is 0. The molecule has 2 rings (SSSR count). The van der Waals surface area contributed by atoms with Crippen LogP contribution in [0.25, 0.3) is 0 Å². The first-order chi connectivity index (χ1) is 8.65. The van der Waals surface area contributed by atoms with Crippen LogP contribution in [0.2, 0.25) is 0 Å². The molecular formula is C12H21N3O3. The minimum atomic E-state index is -0.808. The molecule has 2 aliphatic rings. The molecule has 1 aliphatic carbocycles. The van der Waals surface area contributed by atoms with E-state index in [-0.39, 0.29) is 12.6 Å². The van der Waals surface area contributed by atoms with Gasteiger partial charge in [-0.25, -0.2) is 4.79 Å². The Kier molecular flexibility index (Phi) is 4.41. The van der Waals surface area contributed by atoms with Crippen molar-refractivity contribution in [1.82, 2.24) is 15.1 Å². The third-order valence-corrected chi connectivity index (χ3v) is 3.79. The van der Waals surface area contributed by atoms with E-state index in [1.807, 2.05) is 4.90 Å². The van der Waals surface area contributed by atoms with Crippen molar-refractivity contribution in [2.45, 2.75) is 19.3 Å². The van der Waals surface area contributed by atoms with E-state index in [9.17, 15) is 9.59 Å². The molecular weight excluding hydrogens is 234 g/mol. The van der Waals surface area contributed by atoms with Crippen LogP contribution in [0.5, 0.6) is 0 Å². The van der Waals surface area contributed by atoms with Crippen LogP contribution < -0.4 is 5.32 Å². The van der Waals surface area contributed by atoms with Gasteiger partial charge in [-0.3, -0.25) is 9.69 Å². The van der Waals surface area contributed by atoms with Gasteiger partial charge in [0.1, 0.15) is 0 Å². The molecule has 0 atom stereocenters. The van der Waals surface area contributed by atoms with E-state index in [4.69, 9.17) is 5.11 Å². The highest BCUT2D eigenvalue weighted by Gasteiger charge is 2.23. The lowest BCUT2D eigenvalue weighted by molar-refractivity contribution is -0.138. The molecule has 0 aromatic rings. The fourth-order valence-electron chi connectivity index (χ4n) is 2.34. The maximum Gasteiger partial charge on any atom is 0.317 e. The van der Waals surface area contributed by atoms with Gasteiger partial charge < -0.3 is 15.3 Å². The number of carbonyl (C=O) groups is 2. The Hall–Kier alpha value is -1.30. The minimum Gasteiger partial charge on any atom is -0.480 e. The average Bonchev–Trinajstić information content (AvgIpc) is 2.27. The largest absolute Gasteiger partial charge is 0.480 e. The predicted octanol–water partition coefficient (Wildman–Crippen LogP) is 0.198. The first-order valence-corrected chi connectivity index (χ1v) is 6.62. The predicted molar refractivity (Wildman–Crippen MR) is 66.4 cm³/mol. The lowest BCUT2D eigenvalue weighted by atomic mass is 9.85. The highest BCUT2D eigenvalue weighted by atomic mass is 16.4. The van der Waals surface area contributed by atoms with E-state index in [0.29, 0.717) is 32.1 Å². The topological polar surface area (TPSA) is 72.9 Å². The van der Waals surface area contributed by atoms with Crippen molar-refractivity contribution >= 4 is 12.0 Å². The normalized spacial score (nSPS) is 21.4. The second kappa shape index (κ2) is 6.04. The van der Waals surface area contributed by atoms with E-state index < -0.39 is 5.97 Å². The molecule has 0 radical (unpaired) electrons. The van der Waals surface area contributed by atoms with Crippen molar-refractivity contribution in [2.24, 2.45) is 5.92 Å². The molecule has 6 heteroatoms. The quantitative estimate of drug-likeness (QED) is 0.752. The third kappa shape index (κ3) is 3.60. The lowest BCUT2D eigenvalue weighted by Crippen LogP contribution is -2.53. The molecule has 2 amide bonds. The van der Waals surface area contributed by atoms with Crippen molar-refractivity contribution < 1.29 is 14.7 Å². The number of urea groups is 1. The molecule has 0 unspecified atom stereocenters. The standard InChI is InChI=1S/C12H21N3O3/c16-11(17)9-14-4-6-15(7-5-14)12(18)13-8-10-2-1-3-10/h10H,1-9H2,(H,13,18)(H,16,17). The van der Waals surface area contributed by atoms with Gasteiger partial charge in [0.05, 0.1) is 6.54 Å². The maximum atomic E-state index is 11.9. The number of hydrogen-bond acceptors (Lipinski definition) is 3. The second-order valence-corrected chi connectivity index (χ2v) is 5.14. The summed E-state index contributed by atoms with van der Waals surface area (Å²) >= 11 is 0. The number of nitrogens with one attached hydrogen (secondary N) is 1. The Morgan fingerprint density at radius 3 is 2.33 bits per heavy atom. The second-order valence-electron chi connectivity index (χ2n) is 5.14. The first-order valence-electron chi connectivity index (χ1n) is 6.62. The number of carboxylic acid groups (broad SMARTS) is 1. The number of hydrogen-bond donors (Lipinski definition) is 2. The summed E-state index contributed by atoms with van der Waals surface area (Å²) in [6, 6.07) is -0.00289. The number of carboxylic acids is 1. The molecule has 1 heterocycles. The minimum absolute atomic E-state index is 0.00289. The summed E-state index contributed by atoms with van der Waals surface area (Å²) in [5, 5.41) is 11.6. The Morgan fingerprint density at radius 2 is 1.83 bits per heavy atom. The van der Waals surface area contributed by atoms with Gasteiger partial charge >= 0.3 is 12.0 Å². The SMILES string of the molecule is O=C(O)CN1CCN(C(=O)NCC2CCC2)CC1. The highest BCUT2D eigenvalue weighted by Crippen LogP contribution is 2.25. The van der Waals surface area contributed by atoms with Crippen LogP contribution in [-0.4, -0.2) is 66.2 Å². The van der Waals surface area contributed by atoms with E-state index in [0.717, 1.165) is 6.54 Å². The zero-order chi connectivity index (χ0) is 13.0. The zero-order valence-corrected chi connectivity index (χ0v) is 10.6. The average molecular weight is 255 g/mol. The van der Waals surface area contributed by atoms with Crippen LogP contribution in [0.4, 0.5) is 4.79 Å². The van der Waals surface area contributed by atoms with Gasteiger partial charge in [-0.05, 0) is 18.8 Å². The van der Waals surface area contributed by atoms with Crippen LogP contribution in [0, 0.1) is 5.92 Å². The summed E-state index contributed by atoms with van der Waals surface area (Å²) in [6.45, 7) is 3.37. The molecule has 102 valence electrons. The maximum absolute atomic E-state index is 11.9. The van der Waals surface area contributed by atoms with Crippen molar-refractivity contribution in [2.75, 3.05) is 39.3 Å². The molecule has 2 N–H and O–H groups in total. The molecule has 18 heavy (non-hydrogen) atoms. The fraction of sp³-hybridized carbons (Fsp3) is 0.833. The summed E-state index contributed by atoms with van der Waals surface area (Å²) in [6.07, 6.45) is 3.74. The number of rotatable bonds is 4. The smallest absolute Gasteiger partial charge is 0.317 e. The van der Waals surface area contributed by atoms with Crippen LogP contribution in [0.15, 0.2) is 0 Å². The molecule has 0 spiro atoms. The van der Waals surface area contributed by atoms with Crippen molar-refractivity contribution in [3.63, 3.8) is 0 Å². The van der Waals surface area contributed by atoms with Crippen molar-refractivity contribution in [3.05, 3.63) is 0 Å². The van der Waals surface area contributed by atoms with Gasteiger partial charge in [0, 0.05) is 32.7 Å². The van der Waals surface area contributed by atoms with Crippen LogP contribution in [-0.2, 0) is 4.79 Å².